The van der Waals surface area contributed by atoms with Crippen LogP contribution in [0.25, 0.3) is 0 Å². The molecule has 0 unspecified atom stereocenters. The molecule has 2 amide bonds. The van der Waals surface area contributed by atoms with Crippen molar-refractivity contribution in [2.75, 3.05) is 50.1 Å². The number of nitrogens with one attached hydrogen (secondary N) is 1. The van der Waals surface area contributed by atoms with E-state index in [1.807, 2.05) is 0 Å². The third-order valence-corrected chi connectivity index (χ3v) is 5.53. The summed E-state index contributed by atoms with van der Waals surface area (Å²) in [5, 5.41) is 3.21. The first-order chi connectivity index (χ1) is 15.3. The molecule has 32 heavy (non-hydrogen) atoms. The second-order valence-corrected chi connectivity index (χ2v) is 7.66. The van der Waals surface area contributed by atoms with Gasteiger partial charge in [-0.05, 0) is 43.3 Å². The number of amides is 2. The number of esters is 1. The van der Waals surface area contributed by atoms with Gasteiger partial charge >= 0.3 is 5.97 Å². The molecule has 0 bridgehead atoms. The fourth-order valence-electron chi connectivity index (χ4n) is 3.52. The van der Waals surface area contributed by atoms with E-state index in [4.69, 9.17) is 21.1 Å². The number of nitrogens with zero attached hydrogens (tertiary/aromatic N) is 2. The van der Waals surface area contributed by atoms with Crippen LogP contribution in [0.1, 0.15) is 34.6 Å². The molecule has 1 fully saturated rings. The Hall–Kier alpha value is -3.26. The fraction of sp³-hybridized carbons (Fsp3) is 0.348. The Morgan fingerprint density at radius 2 is 1.72 bits per heavy atom. The highest BCUT2D eigenvalue weighted by Crippen LogP contribution is 2.30. The van der Waals surface area contributed by atoms with Gasteiger partial charge < -0.3 is 24.6 Å². The number of anilines is 2. The highest BCUT2D eigenvalue weighted by molar-refractivity contribution is 6.32. The van der Waals surface area contributed by atoms with Crippen LogP contribution >= 0.6 is 11.6 Å². The summed E-state index contributed by atoms with van der Waals surface area (Å²) in [6, 6.07) is 9.82. The lowest BCUT2D eigenvalue weighted by Gasteiger charge is -2.36. The van der Waals surface area contributed by atoms with Crippen molar-refractivity contribution in [1.82, 2.24) is 4.90 Å². The topological polar surface area (TPSA) is 88.2 Å². The average Bonchev–Trinajstić information content (AvgIpc) is 2.79. The van der Waals surface area contributed by atoms with Crippen molar-refractivity contribution in [2.24, 2.45) is 0 Å². The van der Waals surface area contributed by atoms with Crippen LogP contribution in [0.5, 0.6) is 5.75 Å². The van der Waals surface area contributed by atoms with Crippen molar-refractivity contribution in [2.45, 2.75) is 13.8 Å². The normalized spacial score (nSPS) is 13.5. The number of methoxy groups -OCH3 is 1. The van der Waals surface area contributed by atoms with Crippen molar-refractivity contribution in [3.63, 3.8) is 0 Å². The number of carbonyl (C=O) groups is 3. The van der Waals surface area contributed by atoms with Gasteiger partial charge in [-0.25, -0.2) is 4.79 Å². The van der Waals surface area contributed by atoms with Gasteiger partial charge in [0.15, 0.2) is 0 Å². The van der Waals surface area contributed by atoms with E-state index in [0.29, 0.717) is 53.8 Å². The van der Waals surface area contributed by atoms with Crippen LogP contribution < -0.4 is 15.0 Å². The van der Waals surface area contributed by atoms with E-state index in [1.165, 1.54) is 13.2 Å². The van der Waals surface area contributed by atoms with E-state index < -0.39 is 5.97 Å². The number of carbonyl (C=O) groups excluding carboxylic acids is 3. The maximum Gasteiger partial charge on any atom is 0.338 e. The summed E-state index contributed by atoms with van der Waals surface area (Å²) in [5.41, 5.74) is 1.92. The second kappa shape index (κ2) is 10.4. The summed E-state index contributed by atoms with van der Waals surface area (Å²) in [7, 11) is 1.50. The van der Waals surface area contributed by atoms with Crippen molar-refractivity contribution >= 4 is 40.8 Å². The highest BCUT2D eigenvalue weighted by Gasteiger charge is 2.23. The van der Waals surface area contributed by atoms with Crippen molar-refractivity contribution in [3.8, 4) is 5.75 Å². The van der Waals surface area contributed by atoms with Crippen LogP contribution in [0.15, 0.2) is 36.4 Å². The maximum atomic E-state index is 13.0. The Morgan fingerprint density at radius 1 is 1.03 bits per heavy atom. The van der Waals surface area contributed by atoms with Gasteiger partial charge in [0.25, 0.3) is 5.91 Å². The summed E-state index contributed by atoms with van der Waals surface area (Å²) < 4.78 is 10.2. The van der Waals surface area contributed by atoms with Crippen LogP contribution in [0.4, 0.5) is 11.4 Å². The molecule has 1 heterocycles. The van der Waals surface area contributed by atoms with Crippen LogP contribution in [-0.2, 0) is 9.53 Å². The summed E-state index contributed by atoms with van der Waals surface area (Å²) in [4.78, 5) is 40.7. The first-order valence-corrected chi connectivity index (χ1v) is 10.7. The van der Waals surface area contributed by atoms with E-state index in [1.54, 1.807) is 49.1 Å². The number of hydrogen-bond acceptors (Lipinski definition) is 6. The Kier molecular flexibility index (Phi) is 7.58. The third kappa shape index (κ3) is 5.31. The van der Waals surface area contributed by atoms with Gasteiger partial charge in [0.05, 0.1) is 35.7 Å². The minimum atomic E-state index is -0.469. The molecule has 1 N–H and O–H groups in total. The molecule has 2 aromatic carbocycles. The quantitative estimate of drug-likeness (QED) is 0.666. The van der Waals surface area contributed by atoms with E-state index in [9.17, 15) is 14.4 Å². The molecule has 1 aliphatic heterocycles. The molecule has 2 aromatic rings. The first kappa shape index (κ1) is 23.4. The zero-order chi connectivity index (χ0) is 23.3. The maximum absolute atomic E-state index is 13.0. The number of ether oxygens (including phenoxy) is 2. The van der Waals surface area contributed by atoms with Crippen LogP contribution in [0.2, 0.25) is 5.02 Å². The zero-order valence-corrected chi connectivity index (χ0v) is 19.1. The van der Waals surface area contributed by atoms with E-state index in [0.717, 1.165) is 5.69 Å². The smallest absolute Gasteiger partial charge is 0.338 e. The molecule has 0 spiro atoms. The van der Waals surface area contributed by atoms with Crippen LogP contribution in [-0.4, -0.2) is 62.6 Å². The summed E-state index contributed by atoms with van der Waals surface area (Å²) in [6.07, 6.45) is 0. The number of rotatable bonds is 6. The molecule has 0 aliphatic carbocycles. The van der Waals surface area contributed by atoms with E-state index >= 15 is 0 Å². The Bertz CT molecular complexity index is 1020. The molecule has 0 atom stereocenters. The number of benzene rings is 2. The molecular weight excluding hydrogens is 434 g/mol. The molecule has 0 aromatic heterocycles. The summed E-state index contributed by atoms with van der Waals surface area (Å²) >= 11 is 6.16. The molecule has 170 valence electrons. The van der Waals surface area contributed by atoms with Crippen molar-refractivity contribution in [3.05, 3.63) is 52.5 Å². The van der Waals surface area contributed by atoms with Crippen LogP contribution in [0, 0.1) is 0 Å². The van der Waals surface area contributed by atoms with Crippen molar-refractivity contribution in [1.29, 1.82) is 0 Å². The molecule has 0 radical (unpaired) electrons. The molecule has 3 rings (SSSR count). The van der Waals surface area contributed by atoms with Gasteiger partial charge in [0.2, 0.25) is 5.91 Å². The number of piperazine rings is 1. The van der Waals surface area contributed by atoms with Crippen molar-refractivity contribution < 1.29 is 23.9 Å². The lowest BCUT2D eigenvalue weighted by molar-refractivity contribution is -0.129. The largest absolute Gasteiger partial charge is 0.495 e. The zero-order valence-electron chi connectivity index (χ0n) is 18.3. The van der Waals surface area contributed by atoms with E-state index in [-0.39, 0.29) is 18.4 Å². The Balaban J connectivity index is 1.89. The number of hydrogen-bond donors (Lipinski definition) is 1. The summed E-state index contributed by atoms with van der Waals surface area (Å²) in [5.74, 6) is -0.341. The van der Waals surface area contributed by atoms with Gasteiger partial charge in [0.1, 0.15) is 5.75 Å². The molecule has 1 aliphatic rings. The Labute approximate surface area is 192 Å². The SMILES string of the molecule is CCOC(=O)c1ccc(N2CCN(C(C)=O)CC2)c(NC(=O)c2ccc(OC)c(Cl)c2)c1. The molecule has 8 nitrogen and oxygen atoms in total. The van der Waals surface area contributed by atoms with Gasteiger partial charge in [-0.15, -0.1) is 0 Å². The standard InChI is InChI=1S/C23H26ClN3O5/c1-4-32-23(30)17-5-7-20(27-11-9-26(10-12-27)15(2)28)19(14-17)25-22(29)16-6-8-21(31-3)18(24)13-16/h5-8,13-14H,4,9-12H2,1-3H3,(H,25,29). The molecule has 9 heteroatoms. The minimum absolute atomic E-state index is 0.0345. The fourth-order valence-corrected chi connectivity index (χ4v) is 3.78. The lowest BCUT2D eigenvalue weighted by atomic mass is 10.1. The Morgan fingerprint density at radius 3 is 2.31 bits per heavy atom. The summed E-state index contributed by atoms with van der Waals surface area (Å²) in [6.45, 7) is 5.91. The first-order valence-electron chi connectivity index (χ1n) is 10.3. The minimum Gasteiger partial charge on any atom is -0.495 e. The molecule has 1 saturated heterocycles. The monoisotopic (exact) mass is 459 g/mol. The van der Waals surface area contributed by atoms with E-state index in [2.05, 4.69) is 10.2 Å². The highest BCUT2D eigenvalue weighted by atomic mass is 35.5. The molecule has 0 saturated carbocycles. The predicted octanol–water partition coefficient (Wildman–Crippen LogP) is 3.45. The average molecular weight is 460 g/mol. The second-order valence-electron chi connectivity index (χ2n) is 7.25. The van der Waals surface area contributed by atoms with Crippen LogP contribution in [0.3, 0.4) is 0 Å². The molecular formula is C23H26ClN3O5. The predicted molar refractivity (Wildman–Crippen MR) is 123 cm³/mol. The van der Waals surface area contributed by atoms with Gasteiger partial charge in [-0.2, -0.15) is 0 Å². The van der Waals surface area contributed by atoms with Gasteiger partial charge in [0, 0.05) is 38.7 Å². The number of halogens is 1. The van der Waals surface area contributed by atoms with Gasteiger partial charge in [-0.3, -0.25) is 9.59 Å². The van der Waals surface area contributed by atoms with Gasteiger partial charge in [-0.1, -0.05) is 11.6 Å². The third-order valence-electron chi connectivity index (χ3n) is 5.24. The lowest BCUT2D eigenvalue weighted by Crippen LogP contribution is -2.48.